The van der Waals surface area contributed by atoms with Crippen molar-refractivity contribution in [1.29, 1.82) is 0 Å². The Morgan fingerprint density at radius 2 is 1.84 bits per heavy atom. The van der Waals surface area contributed by atoms with Gasteiger partial charge in [0.1, 0.15) is 16.8 Å². The molecule has 1 saturated heterocycles. The van der Waals surface area contributed by atoms with Crippen molar-refractivity contribution in [2.24, 2.45) is 0 Å². The first-order valence-corrected chi connectivity index (χ1v) is 12.8. The first-order chi connectivity index (χ1) is 18.4. The highest BCUT2D eigenvalue weighted by atomic mass is 19.1. The molecule has 1 fully saturated rings. The van der Waals surface area contributed by atoms with E-state index >= 15 is 4.39 Å². The Labute approximate surface area is 219 Å². The highest BCUT2D eigenvalue weighted by Crippen LogP contribution is 2.46. The molecule has 0 radical (unpaired) electrons. The van der Waals surface area contributed by atoms with E-state index in [-0.39, 0.29) is 22.4 Å². The van der Waals surface area contributed by atoms with Gasteiger partial charge in [0, 0.05) is 39.9 Å². The Bertz CT molecular complexity index is 1630. The first kappa shape index (κ1) is 24.4. The van der Waals surface area contributed by atoms with Crippen LogP contribution in [0, 0.1) is 5.82 Å². The molecule has 9 heteroatoms. The number of pyridine rings is 1. The number of anilines is 1. The SMILES string of the molecule is CN(C)C(=O)c1cn2c3c(c(NCCCN4CCOCC4)c(F)cc3c1=O)Oc1cc3ccccc3cc1-2. The van der Waals surface area contributed by atoms with E-state index in [1.165, 1.54) is 11.0 Å². The van der Waals surface area contributed by atoms with E-state index < -0.39 is 17.2 Å². The van der Waals surface area contributed by atoms with E-state index in [0.29, 0.717) is 23.5 Å². The van der Waals surface area contributed by atoms with Gasteiger partial charge in [-0.05, 0) is 41.9 Å². The molecule has 38 heavy (non-hydrogen) atoms. The highest BCUT2D eigenvalue weighted by Gasteiger charge is 2.29. The number of carbonyl (C=O) groups excluding carboxylic acids is 1. The Balaban J connectivity index is 1.47. The van der Waals surface area contributed by atoms with Gasteiger partial charge in [0.2, 0.25) is 5.43 Å². The average Bonchev–Trinajstić information content (AvgIpc) is 2.92. The van der Waals surface area contributed by atoms with Crippen LogP contribution in [0.1, 0.15) is 16.8 Å². The van der Waals surface area contributed by atoms with Crippen molar-refractivity contribution in [1.82, 2.24) is 14.4 Å². The van der Waals surface area contributed by atoms with Crippen LogP contribution in [-0.4, -0.2) is 73.8 Å². The normalized spacial score (nSPS) is 14.8. The van der Waals surface area contributed by atoms with Crippen molar-refractivity contribution >= 4 is 33.3 Å². The third kappa shape index (κ3) is 4.17. The maximum Gasteiger partial charge on any atom is 0.258 e. The van der Waals surface area contributed by atoms with Crippen LogP contribution in [0.5, 0.6) is 11.5 Å². The van der Waals surface area contributed by atoms with Gasteiger partial charge in [0.15, 0.2) is 17.3 Å². The second kappa shape index (κ2) is 9.74. The summed E-state index contributed by atoms with van der Waals surface area (Å²) in [6.45, 7) is 4.65. The van der Waals surface area contributed by atoms with Gasteiger partial charge in [-0.25, -0.2) is 4.39 Å². The van der Waals surface area contributed by atoms with Gasteiger partial charge in [0.05, 0.1) is 24.3 Å². The summed E-state index contributed by atoms with van der Waals surface area (Å²) in [4.78, 5) is 30.0. The van der Waals surface area contributed by atoms with Crippen LogP contribution in [0.3, 0.4) is 0 Å². The van der Waals surface area contributed by atoms with Gasteiger partial charge in [-0.1, -0.05) is 24.3 Å². The lowest BCUT2D eigenvalue weighted by atomic mass is 10.0. The van der Waals surface area contributed by atoms with E-state index in [1.54, 1.807) is 24.9 Å². The van der Waals surface area contributed by atoms with Crippen molar-refractivity contribution in [3.8, 4) is 17.2 Å². The molecule has 4 aromatic rings. The lowest BCUT2D eigenvalue weighted by Crippen LogP contribution is -2.37. The third-order valence-electron chi connectivity index (χ3n) is 7.19. The Morgan fingerprint density at radius 3 is 2.58 bits per heavy atom. The number of aromatic nitrogens is 1. The molecular formula is C29H29FN4O4. The number of carbonyl (C=O) groups is 1. The molecule has 2 aliphatic heterocycles. The molecule has 196 valence electrons. The molecule has 1 aromatic heterocycles. The van der Waals surface area contributed by atoms with E-state index in [4.69, 9.17) is 9.47 Å². The molecule has 0 atom stereocenters. The van der Waals surface area contributed by atoms with Crippen LogP contribution in [0.15, 0.2) is 53.5 Å². The quantitative estimate of drug-likeness (QED) is 0.341. The summed E-state index contributed by atoms with van der Waals surface area (Å²) in [5.41, 5.74) is 0.768. The molecule has 0 aliphatic carbocycles. The fraction of sp³-hybridized carbons (Fsp3) is 0.310. The second-order valence-corrected chi connectivity index (χ2v) is 9.90. The van der Waals surface area contributed by atoms with Gasteiger partial charge in [0.25, 0.3) is 5.91 Å². The van der Waals surface area contributed by atoms with Gasteiger partial charge < -0.3 is 24.3 Å². The highest BCUT2D eigenvalue weighted by molar-refractivity contribution is 6.01. The van der Waals surface area contributed by atoms with Gasteiger partial charge >= 0.3 is 0 Å². The predicted octanol–water partition coefficient (Wildman–Crippen LogP) is 4.22. The van der Waals surface area contributed by atoms with E-state index in [0.717, 1.165) is 50.0 Å². The van der Waals surface area contributed by atoms with Crippen molar-refractivity contribution < 1.29 is 18.7 Å². The molecule has 1 amide bonds. The van der Waals surface area contributed by atoms with Gasteiger partial charge in [-0.2, -0.15) is 0 Å². The molecule has 2 aliphatic rings. The molecule has 0 bridgehead atoms. The standard InChI is InChI=1S/C29H29FN4O4/c1-32(2)29(36)21-17-34-23-14-18-6-3-4-7-19(18)15-24(23)38-28-25(22(30)16-20(26(28)34)27(21)35)31-8-5-9-33-10-12-37-13-11-33/h3-4,6-7,14-17,31H,5,8-13H2,1-2H3. The Kier molecular flexibility index (Phi) is 6.25. The fourth-order valence-electron chi connectivity index (χ4n) is 5.20. The van der Waals surface area contributed by atoms with Crippen LogP contribution in [-0.2, 0) is 4.74 Å². The fourth-order valence-corrected chi connectivity index (χ4v) is 5.20. The maximum absolute atomic E-state index is 15.6. The molecule has 8 nitrogen and oxygen atoms in total. The zero-order valence-electron chi connectivity index (χ0n) is 21.4. The van der Waals surface area contributed by atoms with Crippen molar-refractivity contribution in [2.75, 3.05) is 58.8 Å². The summed E-state index contributed by atoms with van der Waals surface area (Å²) >= 11 is 0. The number of amides is 1. The smallest absolute Gasteiger partial charge is 0.258 e. The molecule has 0 spiro atoms. The van der Waals surface area contributed by atoms with Crippen molar-refractivity contribution in [3.63, 3.8) is 0 Å². The number of nitrogens with one attached hydrogen (secondary N) is 1. The summed E-state index contributed by atoms with van der Waals surface area (Å²) in [6, 6.07) is 12.9. The lowest BCUT2D eigenvalue weighted by Gasteiger charge is -2.28. The topological polar surface area (TPSA) is 76.0 Å². The number of ether oxygens (including phenoxy) is 2. The molecular weight excluding hydrogens is 487 g/mol. The number of hydrogen-bond donors (Lipinski definition) is 1. The molecule has 3 heterocycles. The Hall–Kier alpha value is -3.95. The maximum atomic E-state index is 15.6. The van der Waals surface area contributed by atoms with Crippen molar-refractivity contribution in [3.05, 3.63) is 70.3 Å². The third-order valence-corrected chi connectivity index (χ3v) is 7.19. The number of benzene rings is 3. The van der Waals surface area contributed by atoms with E-state index in [2.05, 4.69) is 10.2 Å². The molecule has 6 rings (SSSR count). The minimum atomic E-state index is -0.596. The number of hydrogen-bond acceptors (Lipinski definition) is 6. The van der Waals surface area contributed by atoms with E-state index in [9.17, 15) is 9.59 Å². The zero-order chi connectivity index (χ0) is 26.4. The minimum Gasteiger partial charge on any atom is -0.451 e. The number of rotatable bonds is 6. The van der Waals surface area contributed by atoms with Crippen molar-refractivity contribution in [2.45, 2.75) is 6.42 Å². The monoisotopic (exact) mass is 516 g/mol. The Morgan fingerprint density at radius 1 is 1.11 bits per heavy atom. The lowest BCUT2D eigenvalue weighted by molar-refractivity contribution is 0.0378. The van der Waals surface area contributed by atoms with Crippen LogP contribution in [0.4, 0.5) is 10.1 Å². The predicted molar refractivity (Wildman–Crippen MR) is 145 cm³/mol. The number of morpholine rings is 1. The molecule has 0 unspecified atom stereocenters. The summed E-state index contributed by atoms with van der Waals surface area (Å²) in [5.74, 6) is -0.274. The number of fused-ring (bicyclic) bond motifs is 3. The van der Waals surface area contributed by atoms with Gasteiger partial charge in [-0.3, -0.25) is 14.5 Å². The molecule has 1 N–H and O–H groups in total. The summed E-state index contributed by atoms with van der Waals surface area (Å²) in [7, 11) is 3.17. The second-order valence-electron chi connectivity index (χ2n) is 9.90. The van der Waals surface area contributed by atoms with Crippen LogP contribution in [0.25, 0.3) is 27.4 Å². The minimum absolute atomic E-state index is 0.0277. The van der Waals surface area contributed by atoms with Gasteiger partial charge in [-0.15, -0.1) is 0 Å². The summed E-state index contributed by atoms with van der Waals surface area (Å²) in [5, 5.41) is 5.27. The molecule has 3 aromatic carbocycles. The van der Waals surface area contributed by atoms with Crippen LogP contribution in [0.2, 0.25) is 0 Å². The molecule has 0 saturated carbocycles. The van der Waals surface area contributed by atoms with Crippen LogP contribution < -0.4 is 15.5 Å². The number of halogens is 1. The zero-order valence-corrected chi connectivity index (χ0v) is 21.4. The summed E-state index contributed by atoms with van der Waals surface area (Å²) < 4.78 is 29.1. The van der Waals surface area contributed by atoms with Crippen LogP contribution >= 0.6 is 0 Å². The first-order valence-electron chi connectivity index (χ1n) is 12.8. The average molecular weight is 517 g/mol. The van der Waals surface area contributed by atoms with E-state index in [1.807, 2.05) is 36.4 Å². The largest absolute Gasteiger partial charge is 0.451 e. The number of nitrogens with zero attached hydrogens (tertiary/aromatic N) is 3. The summed E-state index contributed by atoms with van der Waals surface area (Å²) in [6.07, 6.45) is 2.36.